The molecular weight excluding hydrogens is 247 g/mol. The second kappa shape index (κ2) is 4.14. The van der Waals surface area contributed by atoms with Gasteiger partial charge in [-0.05, 0) is 29.7 Å². The maximum Gasteiger partial charge on any atom is 0.123 e. The molecule has 0 spiro atoms. The Labute approximate surface area is 110 Å². The van der Waals surface area contributed by atoms with Crippen LogP contribution in [0.4, 0.5) is 4.39 Å². The third kappa shape index (κ3) is 1.76. The first kappa shape index (κ1) is 11.8. The fourth-order valence-electron chi connectivity index (χ4n) is 2.24. The van der Waals surface area contributed by atoms with Gasteiger partial charge < -0.3 is 5.73 Å². The number of fused-ring (bicyclic) bond motifs is 3. The average molecular weight is 262 g/mol. The first-order chi connectivity index (χ1) is 8.56. The lowest BCUT2D eigenvalue weighted by Gasteiger charge is -2.12. The van der Waals surface area contributed by atoms with E-state index in [4.69, 9.17) is 5.73 Å². The van der Waals surface area contributed by atoms with Crippen molar-refractivity contribution in [2.24, 2.45) is 11.7 Å². The molecule has 1 aliphatic rings. The predicted molar refractivity (Wildman–Crippen MR) is 72.1 cm³/mol. The van der Waals surface area contributed by atoms with Crippen LogP contribution in [0.3, 0.4) is 0 Å². The van der Waals surface area contributed by atoms with E-state index < -0.39 is 0 Å². The standard InChI is InChI=1S/C14H15FN2S/c1-7(2)12(16)14-17-13-10-4-3-9(15)5-8(10)6-11(13)18-14/h3-5,7,12H,6,16H2,1-2H3. The Hall–Kier alpha value is -1.26. The van der Waals surface area contributed by atoms with E-state index in [1.165, 1.54) is 10.9 Å². The number of nitrogens with zero attached hydrogens (tertiary/aromatic N) is 1. The molecule has 0 saturated carbocycles. The van der Waals surface area contributed by atoms with E-state index in [0.717, 1.165) is 28.2 Å². The molecule has 1 aromatic heterocycles. The van der Waals surface area contributed by atoms with Crippen LogP contribution in [0, 0.1) is 11.7 Å². The minimum atomic E-state index is -0.178. The fraction of sp³-hybridized carbons (Fsp3) is 0.357. The lowest BCUT2D eigenvalue weighted by Crippen LogP contribution is -2.16. The molecule has 94 valence electrons. The van der Waals surface area contributed by atoms with Crippen molar-refractivity contribution in [1.82, 2.24) is 4.98 Å². The lowest BCUT2D eigenvalue weighted by atomic mass is 10.1. The van der Waals surface area contributed by atoms with E-state index in [9.17, 15) is 4.39 Å². The molecule has 1 aromatic carbocycles. The second-order valence-corrected chi connectivity index (χ2v) is 6.19. The Morgan fingerprint density at radius 1 is 1.39 bits per heavy atom. The molecule has 1 aliphatic carbocycles. The summed E-state index contributed by atoms with van der Waals surface area (Å²) in [5.41, 5.74) is 9.23. The number of hydrogen-bond acceptors (Lipinski definition) is 3. The highest BCUT2D eigenvalue weighted by Crippen LogP contribution is 2.41. The van der Waals surface area contributed by atoms with Crippen molar-refractivity contribution in [3.63, 3.8) is 0 Å². The summed E-state index contributed by atoms with van der Waals surface area (Å²) in [7, 11) is 0. The molecule has 18 heavy (non-hydrogen) atoms. The highest BCUT2D eigenvalue weighted by Gasteiger charge is 2.26. The molecule has 0 bridgehead atoms. The van der Waals surface area contributed by atoms with E-state index in [2.05, 4.69) is 18.8 Å². The van der Waals surface area contributed by atoms with Gasteiger partial charge in [0.15, 0.2) is 0 Å². The van der Waals surface area contributed by atoms with Crippen LogP contribution >= 0.6 is 11.3 Å². The smallest absolute Gasteiger partial charge is 0.123 e. The van der Waals surface area contributed by atoms with Gasteiger partial charge in [0.2, 0.25) is 0 Å². The Morgan fingerprint density at radius 3 is 2.89 bits per heavy atom. The summed E-state index contributed by atoms with van der Waals surface area (Å²) in [4.78, 5) is 5.86. The number of hydrogen-bond donors (Lipinski definition) is 1. The third-order valence-electron chi connectivity index (χ3n) is 3.39. The van der Waals surface area contributed by atoms with Crippen LogP contribution in [0.15, 0.2) is 18.2 Å². The highest BCUT2D eigenvalue weighted by atomic mass is 32.1. The SMILES string of the molecule is CC(C)C(N)c1nc2c(s1)Cc1cc(F)ccc1-2. The maximum absolute atomic E-state index is 13.2. The molecule has 2 nitrogen and oxygen atoms in total. The molecular formula is C14H15FN2S. The predicted octanol–water partition coefficient (Wildman–Crippen LogP) is 3.51. The first-order valence-corrected chi connectivity index (χ1v) is 6.92. The minimum absolute atomic E-state index is 0.00972. The van der Waals surface area contributed by atoms with Gasteiger partial charge in [0, 0.05) is 16.9 Å². The van der Waals surface area contributed by atoms with Gasteiger partial charge in [0.25, 0.3) is 0 Å². The normalized spacial score (nSPS) is 14.7. The van der Waals surface area contributed by atoms with Crippen LogP contribution in [0.25, 0.3) is 11.3 Å². The van der Waals surface area contributed by atoms with Gasteiger partial charge in [-0.15, -0.1) is 11.3 Å². The van der Waals surface area contributed by atoms with Crippen molar-refractivity contribution < 1.29 is 4.39 Å². The van der Waals surface area contributed by atoms with E-state index >= 15 is 0 Å². The number of halogens is 1. The molecule has 0 amide bonds. The van der Waals surface area contributed by atoms with E-state index in [1.54, 1.807) is 17.4 Å². The van der Waals surface area contributed by atoms with Crippen LogP contribution in [0.1, 0.15) is 35.3 Å². The van der Waals surface area contributed by atoms with E-state index in [0.29, 0.717) is 5.92 Å². The van der Waals surface area contributed by atoms with Crippen molar-refractivity contribution in [3.8, 4) is 11.3 Å². The van der Waals surface area contributed by atoms with Crippen molar-refractivity contribution in [2.45, 2.75) is 26.3 Å². The average Bonchev–Trinajstić information content (AvgIpc) is 2.84. The van der Waals surface area contributed by atoms with Crippen LogP contribution < -0.4 is 5.73 Å². The molecule has 3 rings (SSSR count). The zero-order valence-corrected chi connectivity index (χ0v) is 11.2. The van der Waals surface area contributed by atoms with E-state index in [1.807, 2.05) is 6.07 Å². The number of rotatable bonds is 2. The summed E-state index contributed by atoms with van der Waals surface area (Å²) in [5, 5.41) is 0.991. The molecule has 0 aliphatic heterocycles. The molecule has 1 atom stereocenters. The van der Waals surface area contributed by atoms with Crippen LogP contribution in [-0.4, -0.2) is 4.98 Å². The summed E-state index contributed by atoms with van der Waals surface area (Å²) in [6, 6.07) is 4.91. The fourth-order valence-corrected chi connectivity index (χ4v) is 3.52. The summed E-state index contributed by atoms with van der Waals surface area (Å²) in [5.74, 6) is 0.201. The van der Waals surface area contributed by atoms with Crippen LogP contribution in [0.5, 0.6) is 0 Å². The van der Waals surface area contributed by atoms with E-state index in [-0.39, 0.29) is 11.9 Å². The van der Waals surface area contributed by atoms with Crippen LogP contribution in [0.2, 0.25) is 0 Å². The Bertz CT molecular complexity index is 604. The van der Waals surface area contributed by atoms with Gasteiger partial charge in [-0.1, -0.05) is 13.8 Å². The monoisotopic (exact) mass is 262 g/mol. The zero-order chi connectivity index (χ0) is 12.9. The summed E-state index contributed by atoms with van der Waals surface area (Å²) < 4.78 is 13.2. The zero-order valence-electron chi connectivity index (χ0n) is 10.4. The molecule has 0 radical (unpaired) electrons. The molecule has 0 saturated heterocycles. The minimum Gasteiger partial charge on any atom is -0.322 e. The molecule has 1 heterocycles. The van der Waals surface area contributed by atoms with Crippen molar-refractivity contribution in [2.75, 3.05) is 0 Å². The molecule has 1 unspecified atom stereocenters. The first-order valence-electron chi connectivity index (χ1n) is 6.10. The van der Waals surface area contributed by atoms with Crippen molar-refractivity contribution in [3.05, 3.63) is 39.5 Å². The molecule has 2 N–H and O–H groups in total. The van der Waals surface area contributed by atoms with Crippen molar-refractivity contribution >= 4 is 11.3 Å². The summed E-state index contributed by atoms with van der Waals surface area (Å²) in [6.07, 6.45) is 0.783. The van der Waals surface area contributed by atoms with Gasteiger partial charge in [-0.25, -0.2) is 9.37 Å². The Kier molecular flexibility index (Phi) is 2.72. The second-order valence-electron chi connectivity index (χ2n) is 5.07. The summed E-state index contributed by atoms with van der Waals surface area (Å²) in [6.45, 7) is 4.20. The number of aromatic nitrogens is 1. The van der Waals surface area contributed by atoms with Crippen LogP contribution in [-0.2, 0) is 6.42 Å². The van der Waals surface area contributed by atoms with Crippen molar-refractivity contribution in [1.29, 1.82) is 0 Å². The van der Waals surface area contributed by atoms with Gasteiger partial charge >= 0.3 is 0 Å². The topological polar surface area (TPSA) is 38.9 Å². The number of benzene rings is 1. The lowest BCUT2D eigenvalue weighted by molar-refractivity contribution is 0.512. The molecule has 2 aromatic rings. The molecule has 4 heteroatoms. The number of thiazole rings is 1. The Morgan fingerprint density at radius 2 is 2.17 bits per heavy atom. The van der Waals surface area contributed by atoms with Gasteiger partial charge in [-0.2, -0.15) is 0 Å². The summed E-state index contributed by atoms with van der Waals surface area (Å²) >= 11 is 1.66. The third-order valence-corrected chi connectivity index (χ3v) is 4.55. The quantitative estimate of drug-likeness (QED) is 0.767. The van der Waals surface area contributed by atoms with Gasteiger partial charge in [-0.3, -0.25) is 0 Å². The largest absolute Gasteiger partial charge is 0.322 e. The maximum atomic E-state index is 13.2. The van der Waals surface area contributed by atoms with Gasteiger partial charge in [0.1, 0.15) is 10.8 Å². The Balaban J connectivity index is 2.03. The highest BCUT2D eigenvalue weighted by molar-refractivity contribution is 7.12. The number of nitrogens with two attached hydrogens (primary N) is 1. The van der Waals surface area contributed by atoms with Gasteiger partial charge in [0.05, 0.1) is 11.7 Å². The molecule has 0 fully saturated rings.